The third kappa shape index (κ3) is 8.78. The van der Waals surface area contributed by atoms with Crippen molar-refractivity contribution in [2.75, 3.05) is 40.3 Å². The summed E-state index contributed by atoms with van der Waals surface area (Å²) < 4.78 is 1.62. The summed E-state index contributed by atoms with van der Waals surface area (Å²) in [5, 5.41) is 24.9. The van der Waals surface area contributed by atoms with Gasteiger partial charge < -0.3 is 20.2 Å². The number of hydrogen-bond donors (Lipinski definition) is 3. The molecule has 1 atom stereocenters. The van der Waals surface area contributed by atoms with E-state index in [4.69, 9.17) is 5.41 Å². The number of carbonyl (C=O) groups is 1. The van der Waals surface area contributed by atoms with E-state index >= 15 is 0 Å². The number of aliphatic hydroxyl groups is 1. The number of hydrogen-bond acceptors (Lipinski definition) is 6. The minimum Gasteiger partial charge on any atom is -0.394 e. The van der Waals surface area contributed by atoms with Crippen LogP contribution in [0.2, 0.25) is 0 Å². The van der Waals surface area contributed by atoms with E-state index in [1.807, 2.05) is 6.92 Å². The number of aliphatic hydroxyl groups excluding tert-OH is 1. The molecule has 0 bridgehead atoms. The van der Waals surface area contributed by atoms with Gasteiger partial charge in [0.05, 0.1) is 18.7 Å². The summed E-state index contributed by atoms with van der Waals surface area (Å²) in [5.41, 5.74) is 0.424. The van der Waals surface area contributed by atoms with E-state index in [0.717, 1.165) is 6.04 Å². The zero-order valence-corrected chi connectivity index (χ0v) is 22.8. The Morgan fingerprint density at radius 1 is 1.24 bits per heavy atom. The van der Waals surface area contributed by atoms with Crippen LogP contribution in [0, 0.1) is 5.41 Å². The van der Waals surface area contributed by atoms with Crippen LogP contribution in [0.1, 0.15) is 95.7 Å². The fourth-order valence-corrected chi connectivity index (χ4v) is 4.38. The van der Waals surface area contributed by atoms with Gasteiger partial charge in [-0.3, -0.25) is 14.9 Å². The molecule has 1 aliphatic heterocycles. The molecule has 1 unspecified atom stereocenters. The van der Waals surface area contributed by atoms with Gasteiger partial charge in [-0.2, -0.15) is 5.10 Å². The van der Waals surface area contributed by atoms with Gasteiger partial charge in [-0.05, 0) is 65.4 Å². The molecule has 1 fully saturated rings. The van der Waals surface area contributed by atoms with Crippen LogP contribution in [0.25, 0.3) is 0 Å². The Morgan fingerprint density at radius 2 is 1.82 bits per heavy atom. The van der Waals surface area contributed by atoms with Crippen LogP contribution in [0.15, 0.2) is 6.07 Å². The van der Waals surface area contributed by atoms with Crippen LogP contribution in [-0.2, 0) is 6.54 Å². The van der Waals surface area contributed by atoms with Gasteiger partial charge in [0.25, 0.3) is 0 Å². The molecule has 3 rings (SSSR count). The minimum atomic E-state index is -0.551. The first-order valence-electron chi connectivity index (χ1n) is 13.1. The summed E-state index contributed by atoms with van der Waals surface area (Å²) in [5.74, 6) is 0.154. The zero-order chi connectivity index (χ0) is 25.7. The molecular weight excluding hydrogens is 428 g/mol. The Bertz CT molecular complexity index is 738. The van der Waals surface area contributed by atoms with Crippen LogP contribution in [0.5, 0.6) is 0 Å². The SMILES string of the molecule is CC(=O)c1cc2n(n1)CC(C)(CO)N(C)C2=N.CCCN(CC)CCC.CNC1CCCCC1. The second kappa shape index (κ2) is 15.3. The third-order valence-electron chi connectivity index (χ3n) is 6.90. The van der Waals surface area contributed by atoms with E-state index in [-0.39, 0.29) is 18.2 Å². The molecule has 1 aromatic heterocycles. The average Bonchev–Trinajstić information content (AvgIpc) is 3.28. The lowest BCUT2D eigenvalue weighted by Crippen LogP contribution is -2.56. The number of fused-ring (bicyclic) bond motifs is 1. The Labute approximate surface area is 207 Å². The predicted molar refractivity (Wildman–Crippen MR) is 141 cm³/mol. The Morgan fingerprint density at radius 3 is 2.24 bits per heavy atom. The highest BCUT2D eigenvalue weighted by molar-refractivity contribution is 5.99. The van der Waals surface area contributed by atoms with Gasteiger partial charge in [0, 0.05) is 20.0 Å². The second-order valence-corrected chi connectivity index (χ2v) is 9.75. The van der Waals surface area contributed by atoms with E-state index in [1.54, 1.807) is 22.7 Å². The summed E-state index contributed by atoms with van der Waals surface area (Å²) >= 11 is 0. The lowest BCUT2D eigenvalue weighted by molar-refractivity contribution is 0.0839. The van der Waals surface area contributed by atoms with Crippen LogP contribution in [0.4, 0.5) is 0 Å². The van der Waals surface area contributed by atoms with Crippen LogP contribution >= 0.6 is 0 Å². The van der Waals surface area contributed by atoms with Gasteiger partial charge in [-0.1, -0.05) is 40.0 Å². The number of carbonyl (C=O) groups excluding carboxylic acids is 1. The van der Waals surface area contributed by atoms with E-state index < -0.39 is 5.54 Å². The number of Topliss-reactive ketones (excluding diaryl/α,β-unsaturated/α-hetero) is 1. The first-order valence-corrected chi connectivity index (χ1v) is 13.1. The summed E-state index contributed by atoms with van der Waals surface area (Å²) in [6, 6.07) is 2.46. The topological polar surface area (TPSA) is 97.5 Å². The van der Waals surface area contributed by atoms with E-state index in [1.165, 1.54) is 71.5 Å². The molecular formula is C26H50N6O2. The van der Waals surface area contributed by atoms with Crippen molar-refractivity contribution in [3.05, 3.63) is 17.5 Å². The molecule has 8 heteroatoms. The molecule has 0 aromatic carbocycles. The van der Waals surface area contributed by atoms with Crippen molar-refractivity contribution in [3.63, 3.8) is 0 Å². The number of nitrogens with zero attached hydrogens (tertiary/aromatic N) is 4. The maximum atomic E-state index is 11.3. The lowest BCUT2D eigenvalue weighted by atomic mass is 9.96. The molecule has 1 aliphatic carbocycles. The van der Waals surface area contributed by atoms with Crippen molar-refractivity contribution in [1.29, 1.82) is 5.41 Å². The fraction of sp³-hybridized carbons (Fsp3) is 0.808. The van der Waals surface area contributed by atoms with Gasteiger partial charge in [-0.15, -0.1) is 0 Å². The quantitative estimate of drug-likeness (QED) is 0.492. The largest absolute Gasteiger partial charge is 0.394 e. The lowest BCUT2D eigenvalue weighted by Gasteiger charge is -2.42. The van der Waals surface area contributed by atoms with E-state index in [2.05, 4.69) is 43.1 Å². The van der Waals surface area contributed by atoms with Gasteiger partial charge in [0.1, 0.15) is 17.2 Å². The average molecular weight is 479 g/mol. The fourth-order valence-electron chi connectivity index (χ4n) is 4.38. The molecule has 0 amide bonds. The first-order chi connectivity index (χ1) is 16.2. The number of likely N-dealkylation sites (N-methyl/N-ethyl adjacent to an activating group) is 1. The van der Waals surface area contributed by atoms with E-state index in [0.29, 0.717) is 17.9 Å². The molecule has 2 aliphatic rings. The smallest absolute Gasteiger partial charge is 0.180 e. The molecule has 1 aromatic rings. The summed E-state index contributed by atoms with van der Waals surface area (Å²) in [7, 11) is 3.83. The number of ketones is 1. The number of rotatable bonds is 8. The highest BCUT2D eigenvalue weighted by atomic mass is 16.3. The van der Waals surface area contributed by atoms with Gasteiger partial charge in [-0.25, -0.2) is 0 Å². The molecule has 196 valence electrons. The summed E-state index contributed by atoms with van der Waals surface area (Å²) in [4.78, 5) is 15.5. The highest BCUT2D eigenvalue weighted by Gasteiger charge is 2.38. The van der Waals surface area contributed by atoms with Crippen molar-refractivity contribution >= 4 is 11.6 Å². The summed E-state index contributed by atoms with van der Waals surface area (Å²) in [6.07, 6.45) is 9.70. The number of aromatic nitrogens is 2. The monoisotopic (exact) mass is 478 g/mol. The summed E-state index contributed by atoms with van der Waals surface area (Å²) in [6.45, 7) is 14.1. The van der Waals surface area contributed by atoms with Gasteiger partial charge in [0.2, 0.25) is 0 Å². The van der Waals surface area contributed by atoms with Crippen LogP contribution < -0.4 is 5.32 Å². The van der Waals surface area contributed by atoms with Crippen LogP contribution in [0.3, 0.4) is 0 Å². The van der Waals surface area contributed by atoms with Crippen molar-refractivity contribution in [3.8, 4) is 0 Å². The van der Waals surface area contributed by atoms with Crippen molar-refractivity contribution in [2.45, 2.75) is 97.7 Å². The molecule has 1 saturated carbocycles. The maximum absolute atomic E-state index is 11.3. The van der Waals surface area contributed by atoms with Crippen LogP contribution in [-0.4, -0.2) is 88.2 Å². The van der Waals surface area contributed by atoms with Crippen molar-refractivity contribution in [2.24, 2.45) is 0 Å². The third-order valence-corrected chi connectivity index (χ3v) is 6.90. The minimum absolute atomic E-state index is 0.0689. The van der Waals surface area contributed by atoms with Crippen molar-refractivity contribution < 1.29 is 9.90 Å². The molecule has 0 saturated heterocycles. The second-order valence-electron chi connectivity index (χ2n) is 9.75. The van der Waals surface area contributed by atoms with Crippen molar-refractivity contribution in [1.82, 2.24) is 24.9 Å². The molecule has 3 N–H and O–H groups in total. The standard InChI is InChI=1S/C11H16N4O2.C8H19N.C7H15N/c1-7(17)8-4-9-10(12)14(3)11(2,6-16)5-15(9)13-8;1-4-7-9(6-3)8-5-2;1-8-7-5-3-2-4-6-7/h4,12,16H,5-6H2,1-3H3;4-8H2,1-3H3;7-8H,2-6H2,1H3. The molecule has 8 nitrogen and oxygen atoms in total. The maximum Gasteiger partial charge on any atom is 0.180 e. The van der Waals surface area contributed by atoms with Gasteiger partial charge >= 0.3 is 0 Å². The number of amidine groups is 1. The Hall–Kier alpha value is -1.77. The first kappa shape index (κ1) is 30.3. The molecule has 0 radical (unpaired) electrons. The number of nitrogens with one attached hydrogen (secondary N) is 2. The molecule has 2 heterocycles. The van der Waals surface area contributed by atoms with E-state index in [9.17, 15) is 9.90 Å². The highest BCUT2D eigenvalue weighted by Crippen LogP contribution is 2.25. The predicted octanol–water partition coefficient (Wildman–Crippen LogP) is 3.77. The normalized spacial score (nSPS) is 20.3. The Balaban J connectivity index is 0.000000287. The zero-order valence-electron chi connectivity index (χ0n) is 22.8. The molecule has 0 spiro atoms. The molecule has 34 heavy (non-hydrogen) atoms. The Kier molecular flexibility index (Phi) is 13.6. The van der Waals surface area contributed by atoms with Gasteiger partial charge in [0.15, 0.2) is 5.78 Å².